The smallest absolute Gasteiger partial charge is 0.306 e. The number of nitrogens with zero attached hydrogens (tertiary/aromatic N) is 2. The van der Waals surface area contributed by atoms with Gasteiger partial charge in [0.25, 0.3) is 10.0 Å². The summed E-state index contributed by atoms with van der Waals surface area (Å²) < 4.78 is 40.8. The van der Waals surface area contributed by atoms with Gasteiger partial charge < -0.3 is 9.97 Å². The number of hydrogen-bond donors (Lipinski definition) is 2. The van der Waals surface area contributed by atoms with Crippen LogP contribution in [-0.4, -0.2) is 34.9 Å². The molecule has 8 nitrogen and oxygen atoms in total. The molecule has 0 spiro atoms. The first-order valence-electron chi connectivity index (χ1n) is 9.14. The van der Waals surface area contributed by atoms with Crippen molar-refractivity contribution in [3.63, 3.8) is 0 Å². The Morgan fingerprint density at radius 2 is 1.87 bits per heavy atom. The Labute approximate surface area is 183 Å². The van der Waals surface area contributed by atoms with E-state index in [1.54, 1.807) is 30.3 Å². The number of H-pyrrole nitrogens is 2. The summed E-state index contributed by atoms with van der Waals surface area (Å²) in [6, 6.07) is 15.2. The van der Waals surface area contributed by atoms with Crippen LogP contribution in [0, 0.1) is 11.3 Å². The predicted octanol–water partition coefficient (Wildman–Crippen LogP) is 2.77. The highest BCUT2D eigenvalue weighted by atomic mass is 32.2. The SMILES string of the molecule is N#Cc1ccc(-c2ccc3c(c2)N(S(=O)(=O)c2ccc4[nH]c(=O)[nH]c4c2)CCS3=O)s1. The van der Waals surface area contributed by atoms with Gasteiger partial charge in [-0.3, -0.25) is 8.51 Å². The van der Waals surface area contributed by atoms with E-state index < -0.39 is 26.5 Å². The predicted molar refractivity (Wildman–Crippen MR) is 119 cm³/mol. The number of imidazole rings is 1. The maximum Gasteiger partial charge on any atom is 0.323 e. The molecule has 5 rings (SSSR count). The number of nitrogens with one attached hydrogen (secondary N) is 2. The van der Waals surface area contributed by atoms with Crippen molar-refractivity contribution in [1.29, 1.82) is 5.26 Å². The molecule has 1 aliphatic heterocycles. The topological polar surface area (TPSA) is 127 Å². The van der Waals surface area contributed by atoms with E-state index >= 15 is 0 Å². The minimum atomic E-state index is -3.97. The van der Waals surface area contributed by atoms with Crippen molar-refractivity contribution in [2.24, 2.45) is 0 Å². The fourth-order valence-corrected chi connectivity index (χ4v) is 7.22. The van der Waals surface area contributed by atoms with Crippen LogP contribution in [0.1, 0.15) is 4.88 Å². The highest BCUT2D eigenvalue weighted by Gasteiger charge is 2.32. The molecule has 1 aliphatic rings. The van der Waals surface area contributed by atoms with Gasteiger partial charge in [0.05, 0.1) is 37.3 Å². The number of hydrogen-bond acceptors (Lipinski definition) is 6. The average Bonchev–Trinajstić information content (AvgIpc) is 3.38. The van der Waals surface area contributed by atoms with Crippen molar-refractivity contribution in [3.05, 3.63) is 63.9 Å². The third-order valence-electron chi connectivity index (χ3n) is 5.03. The molecule has 2 aromatic carbocycles. The van der Waals surface area contributed by atoms with E-state index in [1.807, 2.05) is 0 Å². The first-order valence-corrected chi connectivity index (χ1v) is 12.7. The molecule has 0 radical (unpaired) electrons. The van der Waals surface area contributed by atoms with Crippen molar-refractivity contribution in [1.82, 2.24) is 9.97 Å². The Morgan fingerprint density at radius 3 is 2.65 bits per heavy atom. The molecule has 156 valence electrons. The van der Waals surface area contributed by atoms with Gasteiger partial charge in [-0.15, -0.1) is 11.3 Å². The summed E-state index contributed by atoms with van der Waals surface area (Å²) in [5, 5.41) is 9.08. The molecule has 2 aromatic heterocycles. The van der Waals surface area contributed by atoms with Crippen LogP contribution in [0.3, 0.4) is 0 Å². The number of aromatic amines is 2. The molecule has 11 heteroatoms. The van der Waals surface area contributed by atoms with Crippen LogP contribution in [0.15, 0.2) is 63.1 Å². The first-order chi connectivity index (χ1) is 14.9. The zero-order valence-electron chi connectivity index (χ0n) is 15.8. The maximum absolute atomic E-state index is 13.5. The van der Waals surface area contributed by atoms with Gasteiger partial charge in [-0.1, -0.05) is 6.07 Å². The molecule has 0 fully saturated rings. The molecule has 31 heavy (non-hydrogen) atoms. The Bertz CT molecular complexity index is 1570. The number of sulfonamides is 1. The second-order valence-electron chi connectivity index (χ2n) is 6.87. The second kappa shape index (κ2) is 7.19. The fraction of sp³-hybridized carbons (Fsp3) is 0.100. The summed E-state index contributed by atoms with van der Waals surface area (Å²) in [5.74, 6) is 0.187. The van der Waals surface area contributed by atoms with Crippen LogP contribution < -0.4 is 9.99 Å². The van der Waals surface area contributed by atoms with Gasteiger partial charge in [0, 0.05) is 17.2 Å². The molecule has 3 heterocycles. The van der Waals surface area contributed by atoms with Crippen molar-refractivity contribution < 1.29 is 12.6 Å². The van der Waals surface area contributed by atoms with Gasteiger partial charge >= 0.3 is 5.69 Å². The summed E-state index contributed by atoms with van der Waals surface area (Å²) in [5.41, 5.74) is 1.59. The number of aromatic nitrogens is 2. The first kappa shape index (κ1) is 19.7. The van der Waals surface area contributed by atoms with Gasteiger partial charge in [0.1, 0.15) is 10.9 Å². The molecule has 0 aliphatic carbocycles. The summed E-state index contributed by atoms with van der Waals surface area (Å²) in [6.07, 6.45) is 0. The van der Waals surface area contributed by atoms with Crippen molar-refractivity contribution >= 4 is 48.9 Å². The lowest BCUT2D eigenvalue weighted by Crippen LogP contribution is -2.38. The van der Waals surface area contributed by atoms with Gasteiger partial charge in [0.2, 0.25) is 0 Å². The van der Waals surface area contributed by atoms with Gasteiger partial charge in [0.15, 0.2) is 0 Å². The van der Waals surface area contributed by atoms with Crippen LogP contribution >= 0.6 is 11.3 Å². The van der Waals surface area contributed by atoms with Crippen LogP contribution in [0.2, 0.25) is 0 Å². The molecule has 0 saturated heterocycles. The molecule has 2 N–H and O–H groups in total. The Balaban J connectivity index is 1.63. The third-order valence-corrected chi connectivity index (χ3v) is 9.27. The monoisotopic (exact) mass is 470 g/mol. The zero-order chi connectivity index (χ0) is 21.8. The summed E-state index contributed by atoms with van der Waals surface area (Å²) in [6.45, 7) is 0.0704. The lowest BCUT2D eigenvalue weighted by atomic mass is 10.1. The van der Waals surface area contributed by atoms with E-state index in [0.29, 0.717) is 26.5 Å². The van der Waals surface area contributed by atoms with E-state index in [9.17, 15) is 17.4 Å². The van der Waals surface area contributed by atoms with Crippen molar-refractivity contribution in [3.8, 4) is 16.5 Å². The molecular weight excluding hydrogens is 456 g/mol. The minimum absolute atomic E-state index is 0.0298. The standard InChI is InChI=1S/C20H14N4O4S3/c21-11-13-2-5-18(29-13)12-1-6-19-17(9-12)24(7-8-30(19)26)31(27,28)14-3-4-15-16(10-14)23-20(25)22-15/h1-6,9-10H,7-8H2,(H2,22,23,25). The van der Waals surface area contributed by atoms with Crippen LogP contribution in [-0.2, 0) is 20.8 Å². The van der Waals surface area contributed by atoms with Gasteiger partial charge in [-0.2, -0.15) is 5.26 Å². The Kier molecular flexibility index (Phi) is 4.58. The van der Waals surface area contributed by atoms with Crippen LogP contribution in [0.5, 0.6) is 0 Å². The largest absolute Gasteiger partial charge is 0.323 e. The lowest BCUT2D eigenvalue weighted by Gasteiger charge is -2.30. The fourth-order valence-electron chi connectivity index (χ4n) is 3.56. The van der Waals surface area contributed by atoms with Gasteiger partial charge in [-0.05, 0) is 48.0 Å². The number of fused-ring (bicyclic) bond motifs is 2. The quantitative estimate of drug-likeness (QED) is 0.476. The van der Waals surface area contributed by atoms with E-state index in [1.165, 1.54) is 33.8 Å². The van der Waals surface area contributed by atoms with E-state index in [-0.39, 0.29) is 17.2 Å². The normalized spacial score (nSPS) is 16.2. The number of nitriles is 1. The molecule has 1 atom stereocenters. The number of thiophene rings is 1. The van der Waals surface area contributed by atoms with E-state index in [0.717, 1.165) is 10.4 Å². The number of rotatable bonds is 3. The van der Waals surface area contributed by atoms with Crippen LogP contribution in [0.4, 0.5) is 5.69 Å². The van der Waals surface area contributed by atoms with Crippen molar-refractivity contribution in [2.75, 3.05) is 16.6 Å². The molecule has 4 aromatic rings. The number of benzene rings is 2. The van der Waals surface area contributed by atoms with Crippen molar-refractivity contribution in [2.45, 2.75) is 9.79 Å². The Morgan fingerprint density at radius 1 is 1.06 bits per heavy atom. The third kappa shape index (κ3) is 3.29. The zero-order valence-corrected chi connectivity index (χ0v) is 18.2. The summed E-state index contributed by atoms with van der Waals surface area (Å²) >= 11 is 1.30. The molecular formula is C20H14N4O4S3. The van der Waals surface area contributed by atoms with Gasteiger partial charge in [-0.25, -0.2) is 13.2 Å². The number of anilines is 1. The van der Waals surface area contributed by atoms with E-state index in [2.05, 4.69) is 16.0 Å². The van der Waals surface area contributed by atoms with Crippen LogP contribution in [0.25, 0.3) is 21.5 Å². The highest BCUT2D eigenvalue weighted by Crippen LogP contribution is 2.38. The highest BCUT2D eigenvalue weighted by molar-refractivity contribution is 7.93. The molecule has 0 amide bonds. The maximum atomic E-state index is 13.5. The van der Waals surface area contributed by atoms with E-state index in [4.69, 9.17) is 5.26 Å². The minimum Gasteiger partial charge on any atom is -0.306 e. The lowest BCUT2D eigenvalue weighted by molar-refractivity contribution is 0.591. The average molecular weight is 471 g/mol. The Hall–Kier alpha value is -3.20. The molecule has 0 bridgehead atoms. The molecule has 0 saturated carbocycles. The summed E-state index contributed by atoms with van der Waals surface area (Å²) in [7, 11) is -5.28. The second-order valence-corrected chi connectivity index (χ2v) is 11.4. The summed E-state index contributed by atoms with van der Waals surface area (Å²) in [4.78, 5) is 18.5. The molecule has 1 unspecified atom stereocenters.